The SMILES string of the molecule is CCc1ccccc1C(=O)NCC1(O)CCC(CC)CC1. The summed E-state index contributed by atoms with van der Waals surface area (Å²) < 4.78 is 0. The molecule has 1 aliphatic rings. The van der Waals surface area contributed by atoms with Crippen LogP contribution in [0.5, 0.6) is 0 Å². The van der Waals surface area contributed by atoms with Crippen LogP contribution in [0, 0.1) is 5.92 Å². The molecule has 3 heteroatoms. The highest BCUT2D eigenvalue weighted by Crippen LogP contribution is 2.33. The van der Waals surface area contributed by atoms with Gasteiger partial charge in [-0.25, -0.2) is 0 Å². The molecule has 0 spiro atoms. The van der Waals surface area contributed by atoms with Crippen LogP contribution in [-0.2, 0) is 6.42 Å². The number of amides is 1. The molecule has 21 heavy (non-hydrogen) atoms. The van der Waals surface area contributed by atoms with Gasteiger partial charge in [0, 0.05) is 12.1 Å². The Bertz CT molecular complexity index is 476. The van der Waals surface area contributed by atoms with Crippen molar-refractivity contribution in [2.24, 2.45) is 5.92 Å². The third-order valence-corrected chi connectivity index (χ3v) is 4.83. The maximum Gasteiger partial charge on any atom is 0.251 e. The Morgan fingerprint density at radius 2 is 1.95 bits per heavy atom. The molecule has 1 saturated carbocycles. The molecular weight excluding hydrogens is 262 g/mol. The van der Waals surface area contributed by atoms with E-state index >= 15 is 0 Å². The number of rotatable bonds is 5. The number of carbonyl (C=O) groups is 1. The van der Waals surface area contributed by atoms with Crippen LogP contribution >= 0.6 is 0 Å². The second-order valence-corrected chi connectivity index (χ2v) is 6.27. The molecule has 0 aliphatic heterocycles. The second kappa shape index (κ2) is 7.08. The third-order valence-electron chi connectivity index (χ3n) is 4.83. The fourth-order valence-electron chi connectivity index (χ4n) is 3.19. The zero-order valence-electron chi connectivity index (χ0n) is 13.2. The Hall–Kier alpha value is -1.35. The predicted molar refractivity (Wildman–Crippen MR) is 85.4 cm³/mol. The summed E-state index contributed by atoms with van der Waals surface area (Å²) in [6.07, 6.45) is 5.74. The van der Waals surface area contributed by atoms with Crippen LogP contribution in [0.4, 0.5) is 0 Å². The van der Waals surface area contributed by atoms with Crippen molar-refractivity contribution in [3.05, 3.63) is 35.4 Å². The van der Waals surface area contributed by atoms with Gasteiger partial charge in [0.25, 0.3) is 5.91 Å². The molecule has 0 saturated heterocycles. The Morgan fingerprint density at radius 3 is 2.57 bits per heavy atom. The topological polar surface area (TPSA) is 49.3 Å². The zero-order valence-corrected chi connectivity index (χ0v) is 13.2. The summed E-state index contributed by atoms with van der Waals surface area (Å²) in [6.45, 7) is 4.62. The van der Waals surface area contributed by atoms with E-state index in [-0.39, 0.29) is 5.91 Å². The molecule has 0 heterocycles. The standard InChI is InChI=1S/C18H27NO2/c1-3-14-9-11-18(21,12-10-14)13-19-17(20)16-8-6-5-7-15(16)4-2/h5-8,14,21H,3-4,9-13H2,1-2H3,(H,19,20). The van der Waals surface area contributed by atoms with Gasteiger partial charge < -0.3 is 10.4 Å². The minimum absolute atomic E-state index is 0.0708. The average Bonchev–Trinajstić information content (AvgIpc) is 2.53. The van der Waals surface area contributed by atoms with Gasteiger partial charge in [0.2, 0.25) is 0 Å². The molecule has 0 atom stereocenters. The number of aliphatic hydroxyl groups is 1. The second-order valence-electron chi connectivity index (χ2n) is 6.27. The normalized spacial score (nSPS) is 25.6. The van der Waals surface area contributed by atoms with Crippen LogP contribution in [0.2, 0.25) is 0 Å². The van der Waals surface area contributed by atoms with Gasteiger partial charge in [0.15, 0.2) is 0 Å². The van der Waals surface area contributed by atoms with Crippen molar-refractivity contribution < 1.29 is 9.90 Å². The lowest BCUT2D eigenvalue weighted by Crippen LogP contribution is -2.45. The third kappa shape index (κ3) is 4.07. The highest BCUT2D eigenvalue weighted by Gasteiger charge is 2.33. The Balaban J connectivity index is 1.92. The van der Waals surface area contributed by atoms with Gasteiger partial charge >= 0.3 is 0 Å². The molecule has 1 aliphatic carbocycles. The van der Waals surface area contributed by atoms with Gasteiger partial charge in [-0.1, -0.05) is 38.5 Å². The lowest BCUT2D eigenvalue weighted by Gasteiger charge is -2.35. The summed E-state index contributed by atoms with van der Waals surface area (Å²) in [5.74, 6) is 0.667. The first kappa shape index (κ1) is 16.0. The zero-order chi connectivity index (χ0) is 15.3. The summed E-state index contributed by atoms with van der Waals surface area (Å²) >= 11 is 0. The molecule has 0 aromatic heterocycles. The van der Waals surface area contributed by atoms with Crippen molar-refractivity contribution in [2.75, 3.05) is 6.54 Å². The molecule has 3 nitrogen and oxygen atoms in total. The molecule has 1 aromatic rings. The Labute approximate surface area is 127 Å². The highest BCUT2D eigenvalue weighted by molar-refractivity contribution is 5.95. The summed E-state index contributed by atoms with van der Waals surface area (Å²) in [5, 5.41) is 13.5. The first-order chi connectivity index (χ1) is 10.1. The van der Waals surface area contributed by atoms with Crippen molar-refractivity contribution in [3.8, 4) is 0 Å². The van der Waals surface area contributed by atoms with Crippen LogP contribution < -0.4 is 5.32 Å². The largest absolute Gasteiger partial charge is 0.388 e. The Kier molecular flexibility index (Phi) is 5.40. The first-order valence-corrected chi connectivity index (χ1v) is 8.16. The number of hydrogen-bond acceptors (Lipinski definition) is 2. The van der Waals surface area contributed by atoms with E-state index in [9.17, 15) is 9.90 Å². The van der Waals surface area contributed by atoms with E-state index in [1.165, 1.54) is 6.42 Å². The van der Waals surface area contributed by atoms with Crippen molar-refractivity contribution in [2.45, 2.75) is 58.0 Å². The molecule has 0 unspecified atom stereocenters. The van der Waals surface area contributed by atoms with E-state index < -0.39 is 5.60 Å². The predicted octanol–water partition coefficient (Wildman–Crippen LogP) is 3.31. The van der Waals surface area contributed by atoms with E-state index in [2.05, 4.69) is 12.2 Å². The van der Waals surface area contributed by atoms with E-state index in [1.54, 1.807) is 0 Å². The van der Waals surface area contributed by atoms with Gasteiger partial charge in [-0.15, -0.1) is 0 Å². The minimum Gasteiger partial charge on any atom is -0.388 e. The number of nitrogens with one attached hydrogen (secondary N) is 1. The monoisotopic (exact) mass is 289 g/mol. The van der Waals surface area contributed by atoms with Gasteiger partial charge in [-0.05, 0) is 49.7 Å². The van der Waals surface area contributed by atoms with Gasteiger partial charge in [-0.3, -0.25) is 4.79 Å². The maximum absolute atomic E-state index is 12.3. The van der Waals surface area contributed by atoms with Gasteiger partial charge in [0.1, 0.15) is 0 Å². The van der Waals surface area contributed by atoms with Crippen molar-refractivity contribution in [1.82, 2.24) is 5.32 Å². The van der Waals surface area contributed by atoms with Crippen molar-refractivity contribution >= 4 is 5.91 Å². The van der Waals surface area contributed by atoms with Crippen LogP contribution in [0.3, 0.4) is 0 Å². The lowest BCUT2D eigenvalue weighted by molar-refractivity contribution is -0.00787. The molecule has 0 radical (unpaired) electrons. The molecule has 1 amide bonds. The van der Waals surface area contributed by atoms with Crippen LogP contribution in [0.15, 0.2) is 24.3 Å². The quantitative estimate of drug-likeness (QED) is 0.873. The number of benzene rings is 1. The first-order valence-electron chi connectivity index (χ1n) is 8.16. The summed E-state index contributed by atoms with van der Waals surface area (Å²) in [7, 11) is 0. The number of hydrogen-bond donors (Lipinski definition) is 2. The van der Waals surface area contributed by atoms with Crippen molar-refractivity contribution in [1.29, 1.82) is 0 Å². The van der Waals surface area contributed by atoms with Crippen molar-refractivity contribution in [3.63, 3.8) is 0 Å². The average molecular weight is 289 g/mol. The maximum atomic E-state index is 12.3. The van der Waals surface area contributed by atoms with E-state index in [0.717, 1.165) is 49.1 Å². The number of aryl methyl sites for hydroxylation is 1. The molecular formula is C18H27NO2. The molecule has 1 aromatic carbocycles. The summed E-state index contributed by atoms with van der Waals surface area (Å²) in [4.78, 5) is 12.3. The molecule has 116 valence electrons. The molecule has 2 N–H and O–H groups in total. The molecule has 2 rings (SSSR count). The molecule has 0 bridgehead atoms. The molecule has 1 fully saturated rings. The van der Waals surface area contributed by atoms with E-state index in [0.29, 0.717) is 6.54 Å². The minimum atomic E-state index is -0.720. The van der Waals surface area contributed by atoms with Gasteiger partial charge in [-0.2, -0.15) is 0 Å². The van der Waals surface area contributed by atoms with Crippen LogP contribution in [0.1, 0.15) is 61.9 Å². The Morgan fingerprint density at radius 1 is 1.29 bits per heavy atom. The summed E-state index contributed by atoms with van der Waals surface area (Å²) in [6, 6.07) is 7.67. The van der Waals surface area contributed by atoms with Crippen LogP contribution in [-0.4, -0.2) is 23.2 Å². The smallest absolute Gasteiger partial charge is 0.251 e. The van der Waals surface area contributed by atoms with E-state index in [1.807, 2.05) is 31.2 Å². The lowest BCUT2D eigenvalue weighted by atomic mass is 9.78. The fourth-order valence-corrected chi connectivity index (χ4v) is 3.19. The highest BCUT2D eigenvalue weighted by atomic mass is 16.3. The fraction of sp³-hybridized carbons (Fsp3) is 0.611. The summed E-state index contributed by atoms with van der Waals surface area (Å²) in [5.41, 5.74) is 1.06. The van der Waals surface area contributed by atoms with Crippen LogP contribution in [0.25, 0.3) is 0 Å². The van der Waals surface area contributed by atoms with E-state index in [4.69, 9.17) is 0 Å². The number of carbonyl (C=O) groups excluding carboxylic acids is 1. The van der Waals surface area contributed by atoms with Gasteiger partial charge in [0.05, 0.1) is 5.60 Å².